The summed E-state index contributed by atoms with van der Waals surface area (Å²) in [5.74, 6) is 0.0168. The summed E-state index contributed by atoms with van der Waals surface area (Å²) in [6.07, 6.45) is 1.77. The Labute approximate surface area is 134 Å². The van der Waals surface area contributed by atoms with Crippen molar-refractivity contribution in [3.05, 3.63) is 54.0 Å². The highest BCUT2D eigenvalue weighted by Crippen LogP contribution is 2.34. The largest absolute Gasteiger partial charge is 0.494 e. The number of benzene rings is 2. The number of hydrogen-bond donors (Lipinski definition) is 1. The minimum atomic E-state index is -2.89. The number of thiophene rings is 1. The lowest BCUT2D eigenvalue weighted by Crippen LogP contribution is -2.01. The van der Waals surface area contributed by atoms with E-state index in [1.54, 1.807) is 28.2 Å². The van der Waals surface area contributed by atoms with Crippen LogP contribution in [0.1, 0.15) is 0 Å². The second-order valence-electron chi connectivity index (χ2n) is 5.09. The van der Waals surface area contributed by atoms with E-state index in [1.165, 1.54) is 12.1 Å². The molecule has 0 aliphatic carbocycles. The normalized spacial score (nSPS) is 11.6. The van der Waals surface area contributed by atoms with Crippen molar-refractivity contribution in [1.82, 2.24) is 4.57 Å². The van der Waals surface area contributed by atoms with Gasteiger partial charge in [-0.25, -0.2) is 0 Å². The molecular weight excluding hydrogens is 320 g/mol. The summed E-state index contributed by atoms with van der Waals surface area (Å²) in [7, 11) is 0. The summed E-state index contributed by atoms with van der Waals surface area (Å²) in [5, 5.41) is 14.8. The van der Waals surface area contributed by atoms with Gasteiger partial charge in [-0.05, 0) is 53.2 Å². The summed E-state index contributed by atoms with van der Waals surface area (Å²) < 4.78 is 31.8. The van der Waals surface area contributed by atoms with Crippen LogP contribution in [-0.4, -0.2) is 16.3 Å². The number of halogens is 2. The molecular formula is C17H11F2NO2S. The van der Waals surface area contributed by atoms with Crippen LogP contribution in [0.15, 0.2) is 54.0 Å². The molecule has 0 saturated carbocycles. The third-order valence-electron chi connectivity index (χ3n) is 3.70. The number of aromatic hydroxyl groups is 1. The molecule has 2 heterocycles. The van der Waals surface area contributed by atoms with E-state index in [0.717, 1.165) is 21.2 Å². The molecule has 0 amide bonds. The van der Waals surface area contributed by atoms with E-state index in [1.807, 2.05) is 29.6 Å². The minimum absolute atomic E-state index is 0.00528. The first kappa shape index (κ1) is 14.0. The van der Waals surface area contributed by atoms with Gasteiger partial charge in [0, 0.05) is 27.4 Å². The van der Waals surface area contributed by atoms with Crippen molar-refractivity contribution in [2.75, 3.05) is 0 Å². The average molecular weight is 331 g/mol. The lowest BCUT2D eigenvalue weighted by Gasteiger charge is -2.05. The van der Waals surface area contributed by atoms with Crippen LogP contribution < -0.4 is 4.74 Å². The molecule has 2 aromatic carbocycles. The second-order valence-corrected chi connectivity index (χ2v) is 6.04. The second kappa shape index (κ2) is 5.24. The molecule has 6 heteroatoms. The SMILES string of the molecule is Oc1c2cc(OC(F)F)ccc2cn1-c1ccc2sccc2c1. The topological polar surface area (TPSA) is 34.4 Å². The van der Waals surface area contributed by atoms with Crippen molar-refractivity contribution in [1.29, 1.82) is 0 Å². The number of rotatable bonds is 3. The predicted molar refractivity (Wildman–Crippen MR) is 87.0 cm³/mol. The van der Waals surface area contributed by atoms with E-state index < -0.39 is 6.61 Å². The van der Waals surface area contributed by atoms with Gasteiger partial charge in [0.1, 0.15) is 5.75 Å². The summed E-state index contributed by atoms with van der Waals surface area (Å²) in [4.78, 5) is 0. The lowest BCUT2D eigenvalue weighted by atomic mass is 10.2. The Morgan fingerprint density at radius 1 is 1.04 bits per heavy atom. The van der Waals surface area contributed by atoms with Gasteiger partial charge in [-0.2, -0.15) is 8.78 Å². The van der Waals surface area contributed by atoms with E-state index in [0.29, 0.717) is 5.39 Å². The lowest BCUT2D eigenvalue weighted by molar-refractivity contribution is -0.0497. The molecule has 0 unspecified atom stereocenters. The van der Waals surface area contributed by atoms with Gasteiger partial charge in [-0.3, -0.25) is 4.57 Å². The van der Waals surface area contributed by atoms with Crippen LogP contribution in [-0.2, 0) is 0 Å². The van der Waals surface area contributed by atoms with Crippen LogP contribution in [0.2, 0.25) is 0 Å². The van der Waals surface area contributed by atoms with Crippen molar-refractivity contribution in [2.24, 2.45) is 0 Å². The van der Waals surface area contributed by atoms with Crippen molar-refractivity contribution in [3.63, 3.8) is 0 Å². The zero-order chi connectivity index (χ0) is 16.0. The quantitative estimate of drug-likeness (QED) is 0.563. The summed E-state index contributed by atoms with van der Waals surface area (Å²) in [6.45, 7) is -2.89. The maximum atomic E-state index is 12.3. The van der Waals surface area contributed by atoms with Gasteiger partial charge in [-0.15, -0.1) is 11.3 Å². The van der Waals surface area contributed by atoms with Crippen LogP contribution in [0.25, 0.3) is 26.5 Å². The number of fused-ring (bicyclic) bond motifs is 2. The van der Waals surface area contributed by atoms with Gasteiger partial charge in [-0.1, -0.05) is 0 Å². The predicted octanol–water partition coefficient (Wildman–Crippen LogP) is 5.15. The Hall–Kier alpha value is -2.60. The Balaban J connectivity index is 1.84. The first-order valence-electron chi connectivity index (χ1n) is 6.88. The molecule has 2 aromatic heterocycles. The van der Waals surface area contributed by atoms with Crippen molar-refractivity contribution in [2.45, 2.75) is 6.61 Å². The van der Waals surface area contributed by atoms with Gasteiger partial charge in [0.05, 0.1) is 0 Å². The first-order valence-corrected chi connectivity index (χ1v) is 7.76. The Morgan fingerprint density at radius 3 is 2.74 bits per heavy atom. The fourth-order valence-corrected chi connectivity index (χ4v) is 3.42. The summed E-state index contributed by atoms with van der Waals surface area (Å²) in [6, 6.07) is 12.4. The van der Waals surface area contributed by atoms with Crippen LogP contribution in [0.3, 0.4) is 0 Å². The highest BCUT2D eigenvalue weighted by Gasteiger charge is 2.13. The van der Waals surface area contributed by atoms with Crippen LogP contribution in [0, 0.1) is 0 Å². The molecule has 0 fully saturated rings. The zero-order valence-corrected chi connectivity index (χ0v) is 12.6. The summed E-state index contributed by atoms with van der Waals surface area (Å²) >= 11 is 1.65. The standard InChI is InChI=1S/C17H11F2NO2S/c18-17(19)22-13-3-1-11-9-20(16(21)14(11)8-13)12-2-4-15-10(7-12)5-6-23-15/h1-9,17,21H. The molecule has 4 rings (SSSR count). The monoisotopic (exact) mass is 331 g/mol. The van der Waals surface area contributed by atoms with E-state index in [2.05, 4.69) is 4.74 Å². The first-order chi connectivity index (χ1) is 11.1. The molecule has 23 heavy (non-hydrogen) atoms. The highest BCUT2D eigenvalue weighted by atomic mass is 32.1. The maximum Gasteiger partial charge on any atom is 0.387 e. The Morgan fingerprint density at radius 2 is 1.91 bits per heavy atom. The molecule has 0 aliphatic heterocycles. The molecule has 4 aromatic rings. The van der Waals surface area contributed by atoms with E-state index >= 15 is 0 Å². The third-order valence-corrected chi connectivity index (χ3v) is 4.60. The molecule has 0 spiro atoms. The summed E-state index contributed by atoms with van der Waals surface area (Å²) in [5.41, 5.74) is 0.806. The van der Waals surface area contributed by atoms with Gasteiger partial charge < -0.3 is 9.84 Å². The molecule has 3 nitrogen and oxygen atoms in total. The Bertz CT molecular complexity index is 1010. The van der Waals surface area contributed by atoms with Gasteiger partial charge in [0.2, 0.25) is 5.88 Å². The van der Waals surface area contributed by atoms with Gasteiger partial charge >= 0.3 is 6.61 Å². The minimum Gasteiger partial charge on any atom is -0.494 e. The third kappa shape index (κ3) is 2.41. The fraction of sp³-hybridized carbons (Fsp3) is 0.0588. The molecule has 0 bridgehead atoms. The number of nitrogens with zero attached hydrogens (tertiary/aromatic N) is 1. The van der Waals surface area contributed by atoms with Gasteiger partial charge in [0.15, 0.2) is 0 Å². The van der Waals surface area contributed by atoms with E-state index in [9.17, 15) is 13.9 Å². The number of aromatic nitrogens is 1. The number of ether oxygens (including phenoxy) is 1. The van der Waals surface area contributed by atoms with Crippen molar-refractivity contribution >= 4 is 32.2 Å². The van der Waals surface area contributed by atoms with E-state index in [4.69, 9.17) is 0 Å². The van der Waals surface area contributed by atoms with Crippen molar-refractivity contribution < 1.29 is 18.6 Å². The molecule has 116 valence electrons. The highest BCUT2D eigenvalue weighted by molar-refractivity contribution is 7.17. The van der Waals surface area contributed by atoms with Gasteiger partial charge in [0.25, 0.3) is 0 Å². The molecule has 1 N–H and O–H groups in total. The smallest absolute Gasteiger partial charge is 0.387 e. The molecule has 0 aliphatic rings. The molecule has 0 atom stereocenters. The molecule has 0 radical (unpaired) electrons. The maximum absolute atomic E-state index is 12.3. The van der Waals surface area contributed by atoms with Crippen LogP contribution in [0.5, 0.6) is 11.6 Å². The van der Waals surface area contributed by atoms with E-state index in [-0.39, 0.29) is 11.6 Å². The van der Waals surface area contributed by atoms with Crippen LogP contribution in [0.4, 0.5) is 8.78 Å². The Kier molecular flexibility index (Phi) is 3.20. The molecule has 0 saturated heterocycles. The van der Waals surface area contributed by atoms with Crippen LogP contribution >= 0.6 is 11.3 Å². The zero-order valence-electron chi connectivity index (χ0n) is 11.7. The average Bonchev–Trinajstić information content (AvgIpc) is 3.11. The van der Waals surface area contributed by atoms with Crippen molar-refractivity contribution in [3.8, 4) is 17.3 Å². The fourth-order valence-electron chi connectivity index (χ4n) is 2.65. The number of alkyl halides is 2. The number of hydrogen-bond acceptors (Lipinski definition) is 3.